The molecule has 0 fully saturated rings. The second kappa shape index (κ2) is 11.4. The van der Waals surface area contributed by atoms with E-state index < -0.39 is 41.3 Å². The first-order valence-corrected chi connectivity index (χ1v) is 12.0. The molecule has 0 aliphatic carbocycles. The molecule has 0 spiro atoms. The van der Waals surface area contributed by atoms with Gasteiger partial charge >= 0.3 is 12.1 Å². The molecule has 0 saturated carbocycles. The normalized spacial score (nSPS) is 12.1. The first kappa shape index (κ1) is 27.7. The molecule has 8 nitrogen and oxygen atoms in total. The van der Waals surface area contributed by atoms with Crippen LogP contribution in [0.3, 0.4) is 0 Å². The number of hydrogen-bond acceptors (Lipinski definition) is 4. The van der Waals surface area contributed by atoms with Gasteiger partial charge in [0.15, 0.2) is 5.75 Å². The molecular weight excluding hydrogens is 513 g/mol. The summed E-state index contributed by atoms with van der Waals surface area (Å²) < 4.78 is 69.7. The molecular formula is C25H23F3N2O6S. The molecule has 0 aromatic heterocycles. The summed E-state index contributed by atoms with van der Waals surface area (Å²) in [5.74, 6) is -2.30. The Hall–Kier alpha value is -3.90. The van der Waals surface area contributed by atoms with Crippen LogP contribution in [0.4, 0.5) is 24.5 Å². The Balaban J connectivity index is 2.18. The summed E-state index contributed by atoms with van der Waals surface area (Å²) in [6.45, 7) is 3.84. The van der Waals surface area contributed by atoms with Crippen LogP contribution in [0.15, 0.2) is 60.7 Å². The van der Waals surface area contributed by atoms with Crippen LogP contribution in [0.25, 0.3) is 0 Å². The Morgan fingerprint density at radius 2 is 1.73 bits per heavy atom. The summed E-state index contributed by atoms with van der Waals surface area (Å²) in [4.78, 5) is 23.6. The highest BCUT2D eigenvalue weighted by Gasteiger charge is 2.32. The van der Waals surface area contributed by atoms with Gasteiger partial charge in [0, 0.05) is 12.1 Å². The van der Waals surface area contributed by atoms with Gasteiger partial charge in [-0.3, -0.25) is 14.1 Å². The number of rotatable bonds is 9. The number of carboxylic acids is 1. The Kier molecular flexibility index (Phi) is 8.56. The van der Waals surface area contributed by atoms with Crippen molar-refractivity contribution < 1.29 is 41.4 Å². The molecule has 0 saturated heterocycles. The molecule has 0 aliphatic heterocycles. The molecule has 3 aromatic carbocycles. The molecule has 3 rings (SSSR count). The van der Waals surface area contributed by atoms with Gasteiger partial charge in [-0.15, -0.1) is 0 Å². The van der Waals surface area contributed by atoms with Gasteiger partial charge in [0.05, 0.1) is 17.7 Å². The van der Waals surface area contributed by atoms with Crippen LogP contribution in [0.2, 0.25) is 0 Å². The molecule has 0 heterocycles. The number of alkyl halides is 3. The van der Waals surface area contributed by atoms with E-state index in [-0.39, 0.29) is 34.0 Å². The molecule has 0 bridgehead atoms. The highest BCUT2D eigenvalue weighted by atomic mass is 32.2. The Morgan fingerprint density at radius 1 is 1.05 bits per heavy atom. The summed E-state index contributed by atoms with van der Waals surface area (Å²) in [6.07, 6.45) is -5.46. The predicted molar refractivity (Wildman–Crippen MR) is 131 cm³/mol. The number of nitrogens with zero attached hydrogens (tertiary/aromatic N) is 1. The number of carbonyl (C=O) groups excluding carboxylic acids is 1. The van der Waals surface area contributed by atoms with Crippen LogP contribution in [-0.2, 0) is 28.7 Å². The van der Waals surface area contributed by atoms with Gasteiger partial charge in [0.25, 0.3) is 17.2 Å². The first-order chi connectivity index (χ1) is 17.4. The number of aryl methyl sites for hydroxylation is 1. The zero-order valence-electron chi connectivity index (χ0n) is 19.7. The first-order valence-electron chi connectivity index (χ1n) is 10.9. The number of nitrogens with one attached hydrogen (secondary N) is 1. The fraction of sp³-hybridized carbons (Fsp3) is 0.200. The maximum absolute atomic E-state index is 13.5. The van der Waals surface area contributed by atoms with Crippen LogP contribution in [-0.4, -0.2) is 32.3 Å². The molecule has 0 radical (unpaired) electrons. The van der Waals surface area contributed by atoms with E-state index in [1.807, 2.05) is 6.92 Å². The van der Waals surface area contributed by atoms with E-state index in [4.69, 9.17) is 9.84 Å². The van der Waals surface area contributed by atoms with Crippen LogP contribution in [0.1, 0.15) is 34.0 Å². The third-order valence-corrected chi connectivity index (χ3v) is 5.80. The Labute approximate surface area is 213 Å². The maximum atomic E-state index is 13.5. The van der Waals surface area contributed by atoms with Crippen molar-refractivity contribution in [3.05, 3.63) is 82.9 Å². The monoisotopic (exact) mass is 536 g/mol. The number of carbonyl (C=O) groups is 2. The minimum absolute atomic E-state index is 0.0781. The van der Waals surface area contributed by atoms with Crippen molar-refractivity contribution in [3.63, 3.8) is 0 Å². The van der Waals surface area contributed by atoms with Crippen LogP contribution in [0, 0.1) is 6.92 Å². The van der Waals surface area contributed by atoms with Gasteiger partial charge in [-0.05, 0) is 67.9 Å². The lowest BCUT2D eigenvalue weighted by Gasteiger charge is -2.24. The molecule has 37 heavy (non-hydrogen) atoms. The minimum atomic E-state index is -4.78. The van der Waals surface area contributed by atoms with E-state index in [2.05, 4.69) is 5.32 Å². The number of anilines is 2. The number of halogens is 3. The SMILES string of the molecule is CCNC(=O)c1ccc(Oc2cc(CC(=O)O)cc(C(F)(F)F)c2)c(N(c2ccc(C)cc2)S(=O)O)c1. The van der Waals surface area contributed by atoms with Crippen molar-refractivity contribution in [1.29, 1.82) is 0 Å². The number of carboxylic acid groups (broad SMARTS) is 1. The molecule has 0 aliphatic rings. The maximum Gasteiger partial charge on any atom is 0.416 e. The second-order valence-corrected chi connectivity index (χ2v) is 8.77. The van der Waals surface area contributed by atoms with E-state index in [0.29, 0.717) is 18.7 Å². The molecule has 12 heteroatoms. The predicted octanol–water partition coefficient (Wildman–Crippen LogP) is 5.46. The highest BCUT2D eigenvalue weighted by Crippen LogP contribution is 2.40. The van der Waals surface area contributed by atoms with Gasteiger partial charge in [0.2, 0.25) is 0 Å². The largest absolute Gasteiger partial charge is 0.481 e. The number of ether oxygens (including phenoxy) is 1. The zero-order valence-corrected chi connectivity index (χ0v) is 20.5. The Bertz CT molecular complexity index is 1330. The van der Waals surface area contributed by atoms with Crippen molar-refractivity contribution in [2.24, 2.45) is 0 Å². The lowest BCUT2D eigenvalue weighted by atomic mass is 10.1. The van der Waals surface area contributed by atoms with Crippen molar-refractivity contribution >= 4 is 34.5 Å². The van der Waals surface area contributed by atoms with Crippen molar-refractivity contribution in [1.82, 2.24) is 5.32 Å². The van der Waals surface area contributed by atoms with E-state index in [0.717, 1.165) is 15.9 Å². The molecule has 1 amide bonds. The molecule has 1 unspecified atom stereocenters. The van der Waals surface area contributed by atoms with Gasteiger partial charge in [0.1, 0.15) is 11.4 Å². The fourth-order valence-corrected chi connectivity index (χ4v) is 4.06. The quantitative estimate of drug-likeness (QED) is 0.313. The summed E-state index contributed by atoms with van der Waals surface area (Å²) in [6, 6.07) is 12.9. The van der Waals surface area contributed by atoms with Crippen molar-refractivity contribution in [2.45, 2.75) is 26.4 Å². The molecule has 3 N–H and O–H groups in total. The van der Waals surface area contributed by atoms with Crippen molar-refractivity contribution in [2.75, 3.05) is 10.8 Å². The molecule has 3 aromatic rings. The van der Waals surface area contributed by atoms with Gasteiger partial charge < -0.3 is 15.2 Å². The standard InChI is InChI=1S/C25H23F3N2O6S/c1-3-29-24(33)17-6-9-22(21(13-17)30(37(34)35)19-7-4-15(2)5-8-19)36-20-11-16(12-23(31)32)10-18(14-20)25(26,27)28/h4-11,13-14H,3,12H2,1-2H3,(H,29,33)(H,31,32)(H,34,35). The van der Waals surface area contributed by atoms with E-state index in [1.165, 1.54) is 18.2 Å². The van der Waals surface area contributed by atoms with E-state index in [1.54, 1.807) is 31.2 Å². The number of amides is 1. The fourth-order valence-electron chi connectivity index (χ4n) is 3.45. The summed E-state index contributed by atoms with van der Waals surface area (Å²) >= 11 is -2.67. The third kappa shape index (κ3) is 7.08. The Morgan fingerprint density at radius 3 is 2.30 bits per heavy atom. The smallest absolute Gasteiger partial charge is 0.416 e. The highest BCUT2D eigenvalue weighted by molar-refractivity contribution is 7.81. The summed E-state index contributed by atoms with van der Waals surface area (Å²) in [5, 5.41) is 11.7. The van der Waals surface area contributed by atoms with Crippen molar-refractivity contribution in [3.8, 4) is 11.5 Å². The van der Waals surface area contributed by atoms with Gasteiger partial charge in [-0.2, -0.15) is 13.2 Å². The average Bonchev–Trinajstić information content (AvgIpc) is 2.80. The topological polar surface area (TPSA) is 116 Å². The number of hydrogen-bond donors (Lipinski definition) is 3. The summed E-state index contributed by atoms with van der Waals surface area (Å²) in [5.41, 5.74) is -0.121. The third-order valence-electron chi connectivity index (χ3n) is 5.08. The van der Waals surface area contributed by atoms with E-state index >= 15 is 0 Å². The zero-order chi connectivity index (χ0) is 27.3. The lowest BCUT2D eigenvalue weighted by Crippen LogP contribution is -2.24. The van der Waals surface area contributed by atoms with Crippen LogP contribution in [0.5, 0.6) is 11.5 Å². The summed E-state index contributed by atoms with van der Waals surface area (Å²) in [7, 11) is 0. The van der Waals surface area contributed by atoms with Crippen LogP contribution < -0.4 is 14.4 Å². The second-order valence-electron chi connectivity index (χ2n) is 7.94. The van der Waals surface area contributed by atoms with Gasteiger partial charge in [-0.1, -0.05) is 17.7 Å². The molecule has 1 atom stereocenters. The van der Waals surface area contributed by atoms with Gasteiger partial charge in [-0.25, -0.2) is 8.51 Å². The van der Waals surface area contributed by atoms with E-state index in [9.17, 15) is 31.5 Å². The number of benzene rings is 3. The number of aliphatic carboxylic acids is 1. The molecule has 196 valence electrons. The van der Waals surface area contributed by atoms with Crippen LogP contribution >= 0.6 is 0 Å². The minimum Gasteiger partial charge on any atom is -0.481 e. The average molecular weight is 537 g/mol. The lowest BCUT2D eigenvalue weighted by molar-refractivity contribution is -0.138.